The number of anilines is 1. The summed E-state index contributed by atoms with van der Waals surface area (Å²) in [5.74, 6) is 0.113. The first-order valence-electron chi connectivity index (χ1n) is 4.74. The van der Waals surface area contributed by atoms with Gasteiger partial charge in [0.2, 0.25) is 5.91 Å². The van der Waals surface area contributed by atoms with Gasteiger partial charge in [0, 0.05) is 24.7 Å². The van der Waals surface area contributed by atoms with E-state index in [1.165, 1.54) is 11.8 Å². The number of nitrogens with zero attached hydrogens (tertiary/aromatic N) is 1. The molecule has 0 heterocycles. The lowest BCUT2D eigenvalue weighted by atomic mass is 10.3. The van der Waals surface area contributed by atoms with Gasteiger partial charge in [0.1, 0.15) is 0 Å². The maximum absolute atomic E-state index is 11.6. The summed E-state index contributed by atoms with van der Waals surface area (Å²) in [7, 11) is 3.53. The molecule has 1 aromatic carbocycles. The average molecular weight is 224 g/mol. The van der Waals surface area contributed by atoms with E-state index >= 15 is 0 Å². The van der Waals surface area contributed by atoms with E-state index in [1.807, 2.05) is 31.2 Å². The van der Waals surface area contributed by atoms with Crippen LogP contribution in [-0.4, -0.2) is 30.2 Å². The van der Waals surface area contributed by atoms with Crippen LogP contribution in [0, 0.1) is 0 Å². The van der Waals surface area contributed by atoms with Crippen LogP contribution >= 0.6 is 11.8 Å². The van der Waals surface area contributed by atoms with Crippen molar-refractivity contribution < 1.29 is 4.79 Å². The van der Waals surface area contributed by atoms with Gasteiger partial charge >= 0.3 is 0 Å². The Morgan fingerprint density at radius 1 is 1.47 bits per heavy atom. The van der Waals surface area contributed by atoms with Crippen molar-refractivity contribution in [2.75, 3.05) is 19.8 Å². The predicted molar refractivity (Wildman–Crippen MR) is 64.9 cm³/mol. The number of amides is 1. The van der Waals surface area contributed by atoms with Crippen LogP contribution in [-0.2, 0) is 4.79 Å². The molecule has 0 aliphatic heterocycles. The second kappa shape index (κ2) is 5.07. The minimum Gasteiger partial charge on any atom is -0.399 e. The largest absolute Gasteiger partial charge is 0.399 e. The third-order valence-corrected chi connectivity index (χ3v) is 3.04. The van der Waals surface area contributed by atoms with Gasteiger partial charge in [-0.2, -0.15) is 0 Å². The summed E-state index contributed by atoms with van der Waals surface area (Å²) in [6.45, 7) is 1.90. The van der Waals surface area contributed by atoms with Gasteiger partial charge in [-0.3, -0.25) is 4.79 Å². The molecule has 0 bridgehead atoms. The van der Waals surface area contributed by atoms with Gasteiger partial charge in [-0.15, -0.1) is 11.8 Å². The first-order valence-corrected chi connectivity index (χ1v) is 5.62. The summed E-state index contributed by atoms with van der Waals surface area (Å²) >= 11 is 1.52. The molecule has 0 aliphatic carbocycles. The lowest BCUT2D eigenvalue weighted by Gasteiger charge is -2.16. The molecule has 0 spiro atoms. The third kappa shape index (κ3) is 3.47. The van der Waals surface area contributed by atoms with Gasteiger partial charge in [0.15, 0.2) is 0 Å². The molecular formula is C11H16N2OS. The normalized spacial score (nSPS) is 12.2. The summed E-state index contributed by atoms with van der Waals surface area (Å²) < 4.78 is 0. The highest BCUT2D eigenvalue weighted by Crippen LogP contribution is 2.25. The quantitative estimate of drug-likeness (QED) is 0.629. The molecule has 0 saturated carbocycles. The maximum atomic E-state index is 11.6. The van der Waals surface area contributed by atoms with E-state index in [2.05, 4.69) is 0 Å². The van der Waals surface area contributed by atoms with Crippen LogP contribution in [0.4, 0.5) is 5.69 Å². The number of rotatable bonds is 3. The van der Waals surface area contributed by atoms with Crippen LogP contribution in [0.3, 0.4) is 0 Å². The molecule has 1 unspecified atom stereocenters. The van der Waals surface area contributed by atoms with Crippen LogP contribution in [0.1, 0.15) is 6.92 Å². The molecule has 4 heteroatoms. The Morgan fingerprint density at radius 3 is 2.67 bits per heavy atom. The van der Waals surface area contributed by atoms with Crippen LogP contribution < -0.4 is 5.73 Å². The van der Waals surface area contributed by atoms with E-state index in [-0.39, 0.29) is 11.2 Å². The van der Waals surface area contributed by atoms with E-state index in [0.29, 0.717) is 0 Å². The second-order valence-corrected chi connectivity index (χ2v) is 4.98. The van der Waals surface area contributed by atoms with Crippen molar-refractivity contribution in [1.82, 2.24) is 4.90 Å². The number of nitrogen functional groups attached to an aromatic ring is 1. The molecule has 15 heavy (non-hydrogen) atoms. The molecular weight excluding hydrogens is 208 g/mol. The van der Waals surface area contributed by atoms with E-state index in [4.69, 9.17) is 5.73 Å². The lowest BCUT2D eigenvalue weighted by molar-refractivity contribution is -0.127. The van der Waals surface area contributed by atoms with Gasteiger partial charge in [-0.25, -0.2) is 0 Å². The molecule has 1 amide bonds. The zero-order valence-electron chi connectivity index (χ0n) is 9.23. The SMILES string of the molecule is CC(Sc1cccc(N)c1)C(=O)N(C)C. The zero-order chi connectivity index (χ0) is 11.4. The first-order chi connectivity index (χ1) is 7.00. The molecule has 0 saturated heterocycles. The number of hydrogen-bond acceptors (Lipinski definition) is 3. The summed E-state index contributed by atoms with van der Waals surface area (Å²) in [6, 6.07) is 7.57. The van der Waals surface area contributed by atoms with Gasteiger partial charge in [0.05, 0.1) is 5.25 Å². The summed E-state index contributed by atoms with van der Waals surface area (Å²) in [6.07, 6.45) is 0. The summed E-state index contributed by atoms with van der Waals surface area (Å²) in [5, 5.41) is -0.0817. The molecule has 0 radical (unpaired) electrons. The third-order valence-electron chi connectivity index (χ3n) is 1.96. The first kappa shape index (κ1) is 11.9. The number of benzene rings is 1. The van der Waals surface area contributed by atoms with E-state index in [1.54, 1.807) is 19.0 Å². The Labute approximate surface area is 94.6 Å². The Balaban J connectivity index is 2.66. The summed E-state index contributed by atoms with van der Waals surface area (Å²) in [4.78, 5) is 14.2. The van der Waals surface area contributed by atoms with Gasteiger partial charge in [-0.1, -0.05) is 6.07 Å². The highest BCUT2D eigenvalue weighted by molar-refractivity contribution is 8.00. The Bertz CT molecular complexity index is 352. The van der Waals surface area contributed by atoms with Crippen molar-refractivity contribution in [2.24, 2.45) is 0 Å². The van der Waals surface area contributed by atoms with Crippen molar-refractivity contribution in [1.29, 1.82) is 0 Å². The van der Waals surface area contributed by atoms with E-state index in [0.717, 1.165) is 10.6 Å². The van der Waals surface area contributed by atoms with Gasteiger partial charge in [0.25, 0.3) is 0 Å². The molecule has 82 valence electrons. The van der Waals surface area contributed by atoms with Crippen molar-refractivity contribution in [3.05, 3.63) is 24.3 Å². The Morgan fingerprint density at radius 2 is 2.13 bits per heavy atom. The monoisotopic (exact) mass is 224 g/mol. The van der Waals surface area contributed by atoms with Crippen molar-refractivity contribution in [3.63, 3.8) is 0 Å². The van der Waals surface area contributed by atoms with E-state index < -0.39 is 0 Å². The van der Waals surface area contributed by atoms with Gasteiger partial charge in [-0.05, 0) is 25.1 Å². The highest BCUT2D eigenvalue weighted by Gasteiger charge is 2.15. The predicted octanol–water partition coefficient (Wildman–Crippen LogP) is 1.84. The van der Waals surface area contributed by atoms with E-state index in [9.17, 15) is 4.79 Å². The average Bonchev–Trinajstić information content (AvgIpc) is 2.16. The maximum Gasteiger partial charge on any atom is 0.235 e. The van der Waals surface area contributed by atoms with Crippen LogP contribution in [0.2, 0.25) is 0 Å². The van der Waals surface area contributed by atoms with Crippen molar-refractivity contribution >= 4 is 23.4 Å². The number of hydrogen-bond donors (Lipinski definition) is 1. The standard InChI is InChI=1S/C11H16N2OS/c1-8(11(14)13(2)3)15-10-6-4-5-9(12)7-10/h4-8H,12H2,1-3H3. The molecule has 0 aromatic heterocycles. The molecule has 1 atom stereocenters. The van der Waals surface area contributed by atoms with Crippen molar-refractivity contribution in [2.45, 2.75) is 17.1 Å². The summed E-state index contributed by atoms with van der Waals surface area (Å²) in [5.41, 5.74) is 6.39. The van der Waals surface area contributed by atoms with Crippen molar-refractivity contribution in [3.8, 4) is 0 Å². The molecule has 1 rings (SSSR count). The van der Waals surface area contributed by atoms with Crippen LogP contribution in [0.5, 0.6) is 0 Å². The molecule has 1 aromatic rings. The lowest BCUT2D eigenvalue weighted by Crippen LogP contribution is -2.29. The number of nitrogens with two attached hydrogens (primary N) is 1. The highest BCUT2D eigenvalue weighted by atomic mass is 32.2. The smallest absolute Gasteiger partial charge is 0.235 e. The minimum absolute atomic E-state index is 0.0817. The zero-order valence-corrected chi connectivity index (χ0v) is 10.0. The minimum atomic E-state index is -0.0817. The number of carbonyl (C=O) groups excluding carboxylic acids is 1. The van der Waals surface area contributed by atoms with Crippen LogP contribution in [0.25, 0.3) is 0 Å². The van der Waals surface area contributed by atoms with Gasteiger partial charge < -0.3 is 10.6 Å². The Hall–Kier alpha value is -1.16. The number of thioether (sulfide) groups is 1. The fourth-order valence-electron chi connectivity index (χ4n) is 1.21. The number of carbonyl (C=O) groups is 1. The van der Waals surface area contributed by atoms with Crippen LogP contribution in [0.15, 0.2) is 29.2 Å². The molecule has 0 fully saturated rings. The fraction of sp³-hybridized carbons (Fsp3) is 0.364. The molecule has 3 nitrogen and oxygen atoms in total. The topological polar surface area (TPSA) is 46.3 Å². The Kier molecular flexibility index (Phi) is 4.03. The second-order valence-electron chi connectivity index (χ2n) is 3.57. The molecule has 0 aliphatic rings. The molecule has 2 N–H and O–H groups in total. The fourth-order valence-corrected chi connectivity index (χ4v) is 2.29.